The van der Waals surface area contributed by atoms with Gasteiger partial charge in [-0.2, -0.15) is 4.98 Å². The number of hydrogen-bond donors (Lipinski definition) is 2. The zero-order chi connectivity index (χ0) is 16.4. The summed E-state index contributed by atoms with van der Waals surface area (Å²) in [5.41, 5.74) is 7.06. The first-order chi connectivity index (χ1) is 11.0. The molecule has 0 amide bonds. The molecule has 1 fully saturated rings. The van der Waals surface area contributed by atoms with Gasteiger partial charge in [-0.1, -0.05) is 17.3 Å². The van der Waals surface area contributed by atoms with E-state index in [2.05, 4.69) is 27.1 Å². The first-order valence-corrected chi connectivity index (χ1v) is 7.57. The Balaban J connectivity index is 1.72. The summed E-state index contributed by atoms with van der Waals surface area (Å²) in [5, 5.41) is 4.03. The molecule has 1 aromatic carbocycles. The minimum atomic E-state index is -0.569. The second kappa shape index (κ2) is 6.27. The van der Waals surface area contributed by atoms with Gasteiger partial charge in [0.25, 0.3) is 0 Å². The predicted octanol–water partition coefficient (Wildman–Crippen LogP) is 2.24. The maximum absolute atomic E-state index is 5.40. The Hall–Kier alpha value is -1.96. The van der Waals surface area contributed by atoms with Crippen LogP contribution in [-0.4, -0.2) is 24.4 Å². The molecule has 7 nitrogen and oxygen atoms in total. The molecular formula is C16H22N4O3. The van der Waals surface area contributed by atoms with Gasteiger partial charge in [0.2, 0.25) is 11.7 Å². The third kappa shape index (κ3) is 3.21. The third-order valence-corrected chi connectivity index (χ3v) is 4.19. The lowest BCUT2D eigenvalue weighted by molar-refractivity contribution is 0.00973. The van der Waals surface area contributed by atoms with E-state index in [1.165, 1.54) is 0 Å². The summed E-state index contributed by atoms with van der Waals surface area (Å²) in [6, 6.07) is 8.11. The smallest absolute Gasteiger partial charge is 0.245 e. The predicted molar refractivity (Wildman–Crippen MR) is 83.7 cm³/mol. The molecule has 0 radical (unpaired) electrons. The average Bonchev–Trinajstić information content (AvgIpc) is 3.24. The SMILES string of the molecule is COc1cccc(C2CC(c3nc(C(C)(C)OC)no3)NN2)c1. The van der Waals surface area contributed by atoms with Crippen LogP contribution in [0.3, 0.4) is 0 Å². The van der Waals surface area contributed by atoms with Crippen LogP contribution in [0.25, 0.3) is 0 Å². The number of ether oxygens (including phenoxy) is 2. The Morgan fingerprint density at radius 2 is 2.00 bits per heavy atom. The van der Waals surface area contributed by atoms with Gasteiger partial charge in [0.1, 0.15) is 17.4 Å². The Morgan fingerprint density at radius 3 is 2.74 bits per heavy atom. The molecule has 0 bridgehead atoms. The van der Waals surface area contributed by atoms with Crippen molar-refractivity contribution >= 4 is 0 Å². The molecule has 2 aromatic rings. The molecule has 3 rings (SSSR count). The number of nitrogens with zero attached hydrogens (tertiary/aromatic N) is 2. The van der Waals surface area contributed by atoms with Crippen molar-refractivity contribution in [3.05, 3.63) is 41.5 Å². The number of methoxy groups -OCH3 is 2. The van der Waals surface area contributed by atoms with Gasteiger partial charge in [0.05, 0.1) is 7.11 Å². The lowest BCUT2D eigenvalue weighted by Crippen LogP contribution is -2.27. The lowest BCUT2D eigenvalue weighted by Gasteiger charge is -2.17. The summed E-state index contributed by atoms with van der Waals surface area (Å²) >= 11 is 0. The van der Waals surface area contributed by atoms with E-state index < -0.39 is 5.60 Å². The van der Waals surface area contributed by atoms with Gasteiger partial charge in [-0.05, 0) is 38.0 Å². The minimum absolute atomic E-state index is 0.0416. The van der Waals surface area contributed by atoms with Crippen LogP contribution in [0.4, 0.5) is 0 Å². The van der Waals surface area contributed by atoms with Crippen LogP contribution < -0.4 is 15.6 Å². The van der Waals surface area contributed by atoms with Gasteiger partial charge in [0, 0.05) is 13.2 Å². The molecule has 7 heteroatoms. The summed E-state index contributed by atoms with van der Waals surface area (Å²) in [5.74, 6) is 1.94. The molecular weight excluding hydrogens is 296 g/mol. The topological polar surface area (TPSA) is 81.4 Å². The second-order valence-corrected chi connectivity index (χ2v) is 6.08. The van der Waals surface area contributed by atoms with E-state index in [1.54, 1.807) is 14.2 Å². The molecule has 1 aliphatic heterocycles. The third-order valence-electron chi connectivity index (χ3n) is 4.19. The molecule has 0 aliphatic carbocycles. The number of benzene rings is 1. The molecule has 1 aromatic heterocycles. The minimum Gasteiger partial charge on any atom is -0.497 e. The van der Waals surface area contributed by atoms with Crippen molar-refractivity contribution in [2.75, 3.05) is 14.2 Å². The summed E-state index contributed by atoms with van der Waals surface area (Å²) in [6.45, 7) is 3.81. The van der Waals surface area contributed by atoms with Crippen molar-refractivity contribution in [3.63, 3.8) is 0 Å². The van der Waals surface area contributed by atoms with Gasteiger partial charge in [-0.25, -0.2) is 10.9 Å². The first kappa shape index (κ1) is 15.9. The highest BCUT2D eigenvalue weighted by molar-refractivity contribution is 5.31. The standard InChI is InChI=1S/C16H22N4O3/c1-16(2,22-4)15-17-14(23-20-15)13-9-12(18-19-13)10-6-5-7-11(8-10)21-3/h5-8,12-13,18-19H,9H2,1-4H3. The van der Waals surface area contributed by atoms with Crippen molar-refractivity contribution in [2.45, 2.75) is 38.0 Å². The fourth-order valence-electron chi connectivity index (χ4n) is 2.51. The van der Waals surface area contributed by atoms with E-state index in [0.717, 1.165) is 17.7 Å². The Kier molecular flexibility index (Phi) is 4.34. The molecule has 2 atom stereocenters. The van der Waals surface area contributed by atoms with Crippen molar-refractivity contribution in [3.8, 4) is 5.75 Å². The highest BCUT2D eigenvalue weighted by Crippen LogP contribution is 2.32. The highest BCUT2D eigenvalue weighted by Gasteiger charge is 2.33. The largest absolute Gasteiger partial charge is 0.497 e. The van der Waals surface area contributed by atoms with E-state index in [9.17, 15) is 0 Å². The van der Waals surface area contributed by atoms with Crippen LogP contribution in [0.2, 0.25) is 0 Å². The summed E-state index contributed by atoms with van der Waals surface area (Å²) in [4.78, 5) is 4.47. The number of hydrogen-bond acceptors (Lipinski definition) is 7. The molecule has 0 saturated carbocycles. The summed E-state index contributed by atoms with van der Waals surface area (Å²) in [7, 11) is 3.30. The van der Waals surface area contributed by atoms with Crippen LogP contribution in [-0.2, 0) is 10.3 Å². The summed E-state index contributed by atoms with van der Waals surface area (Å²) in [6.07, 6.45) is 0.808. The van der Waals surface area contributed by atoms with Crippen molar-refractivity contribution < 1.29 is 14.0 Å². The summed E-state index contributed by atoms with van der Waals surface area (Å²) < 4.78 is 16.1. The zero-order valence-corrected chi connectivity index (χ0v) is 13.8. The van der Waals surface area contributed by atoms with Gasteiger partial charge in [-0.15, -0.1) is 0 Å². The van der Waals surface area contributed by atoms with Crippen molar-refractivity contribution in [1.29, 1.82) is 0 Å². The monoisotopic (exact) mass is 318 g/mol. The molecule has 2 N–H and O–H groups in total. The van der Waals surface area contributed by atoms with Crippen LogP contribution in [0.15, 0.2) is 28.8 Å². The van der Waals surface area contributed by atoms with E-state index in [-0.39, 0.29) is 12.1 Å². The van der Waals surface area contributed by atoms with Crippen LogP contribution >= 0.6 is 0 Å². The number of hydrazine groups is 1. The van der Waals surface area contributed by atoms with Crippen LogP contribution in [0.1, 0.15) is 49.6 Å². The molecule has 23 heavy (non-hydrogen) atoms. The molecule has 2 unspecified atom stereocenters. The molecule has 1 aliphatic rings. The first-order valence-electron chi connectivity index (χ1n) is 7.57. The van der Waals surface area contributed by atoms with Crippen molar-refractivity contribution in [1.82, 2.24) is 21.0 Å². The zero-order valence-electron chi connectivity index (χ0n) is 13.8. The number of rotatable bonds is 5. The fraction of sp³-hybridized carbons (Fsp3) is 0.500. The van der Waals surface area contributed by atoms with Gasteiger partial charge in [-0.3, -0.25) is 0 Å². The Labute approximate surface area is 135 Å². The van der Waals surface area contributed by atoms with Crippen LogP contribution in [0, 0.1) is 0 Å². The second-order valence-electron chi connectivity index (χ2n) is 6.08. The van der Waals surface area contributed by atoms with E-state index >= 15 is 0 Å². The quantitative estimate of drug-likeness (QED) is 0.875. The van der Waals surface area contributed by atoms with Gasteiger partial charge < -0.3 is 14.0 Å². The van der Waals surface area contributed by atoms with E-state index in [4.69, 9.17) is 14.0 Å². The molecule has 124 valence electrons. The van der Waals surface area contributed by atoms with Crippen LogP contribution in [0.5, 0.6) is 5.75 Å². The number of aromatic nitrogens is 2. The van der Waals surface area contributed by atoms with E-state index in [0.29, 0.717) is 11.7 Å². The fourth-order valence-corrected chi connectivity index (χ4v) is 2.51. The Bertz CT molecular complexity index is 671. The lowest BCUT2D eigenvalue weighted by atomic mass is 10.0. The maximum Gasteiger partial charge on any atom is 0.245 e. The highest BCUT2D eigenvalue weighted by atomic mass is 16.5. The normalized spacial score (nSPS) is 21.6. The van der Waals surface area contributed by atoms with Crippen molar-refractivity contribution in [2.24, 2.45) is 0 Å². The molecule has 0 spiro atoms. The molecule has 2 heterocycles. The molecule has 1 saturated heterocycles. The number of nitrogens with one attached hydrogen (secondary N) is 2. The maximum atomic E-state index is 5.40. The van der Waals surface area contributed by atoms with Gasteiger partial charge in [0.15, 0.2) is 0 Å². The average molecular weight is 318 g/mol. The van der Waals surface area contributed by atoms with E-state index in [1.807, 2.05) is 32.0 Å². The van der Waals surface area contributed by atoms with Gasteiger partial charge >= 0.3 is 0 Å². The Morgan fingerprint density at radius 1 is 1.22 bits per heavy atom.